The van der Waals surface area contributed by atoms with Crippen LogP contribution in [0.4, 0.5) is 5.69 Å². The average Bonchev–Trinajstić information content (AvgIpc) is 2.76. The summed E-state index contributed by atoms with van der Waals surface area (Å²) in [6.07, 6.45) is 4.40. The number of amides is 3. The number of carbonyl (C=O) groups excluding carboxylic acids is 4. The van der Waals surface area contributed by atoms with Crippen molar-refractivity contribution >= 4 is 41.0 Å². The molecule has 1 aliphatic rings. The number of imide groups is 1. The van der Waals surface area contributed by atoms with Gasteiger partial charge in [0, 0.05) is 17.5 Å². The Morgan fingerprint density at radius 2 is 1.84 bits per heavy atom. The van der Waals surface area contributed by atoms with Gasteiger partial charge in [0.05, 0.1) is 4.92 Å². The van der Waals surface area contributed by atoms with E-state index >= 15 is 0 Å². The lowest BCUT2D eigenvalue weighted by molar-refractivity contribution is -0.384. The highest BCUT2D eigenvalue weighted by atomic mass is 35.5. The fourth-order valence-electron chi connectivity index (χ4n) is 3.38. The van der Waals surface area contributed by atoms with Gasteiger partial charge in [-0.15, -0.1) is 0 Å². The van der Waals surface area contributed by atoms with Gasteiger partial charge in [0.15, 0.2) is 6.61 Å². The number of ether oxygens (including phenoxy) is 1. The van der Waals surface area contributed by atoms with E-state index in [0.717, 1.165) is 38.2 Å². The van der Waals surface area contributed by atoms with Crippen LogP contribution >= 0.6 is 11.6 Å². The molecule has 0 unspecified atom stereocenters. The lowest BCUT2D eigenvalue weighted by Gasteiger charge is -2.21. The third-order valence-corrected chi connectivity index (χ3v) is 5.52. The number of benzene rings is 1. The summed E-state index contributed by atoms with van der Waals surface area (Å²) in [5, 5.41) is 15.6. The highest BCUT2D eigenvalue weighted by molar-refractivity contribution is 6.32. The summed E-state index contributed by atoms with van der Waals surface area (Å²) >= 11 is 5.75. The summed E-state index contributed by atoms with van der Waals surface area (Å²) in [5.74, 6) is -3.33. The highest BCUT2D eigenvalue weighted by Crippen LogP contribution is 2.25. The zero-order chi connectivity index (χ0) is 23.8. The molecule has 0 bridgehead atoms. The Morgan fingerprint density at radius 1 is 1.19 bits per heavy atom. The van der Waals surface area contributed by atoms with Crippen LogP contribution in [0.3, 0.4) is 0 Å². The van der Waals surface area contributed by atoms with Gasteiger partial charge in [-0.25, -0.2) is 4.79 Å². The Hall–Kier alpha value is -3.01. The van der Waals surface area contributed by atoms with Crippen molar-refractivity contribution in [1.82, 2.24) is 10.6 Å². The second-order valence-electron chi connectivity index (χ2n) is 7.97. The average molecular weight is 468 g/mol. The third-order valence-electron chi connectivity index (χ3n) is 5.20. The number of halogens is 1. The summed E-state index contributed by atoms with van der Waals surface area (Å²) < 4.78 is 4.99. The number of rotatable bonds is 8. The monoisotopic (exact) mass is 467 g/mol. The number of hydrogen-bond acceptors (Lipinski definition) is 7. The van der Waals surface area contributed by atoms with E-state index in [4.69, 9.17) is 16.3 Å². The molecule has 1 atom stereocenters. The molecule has 0 heterocycles. The normalized spacial score (nSPS) is 15.0. The second kappa shape index (κ2) is 11.6. The number of esters is 1. The van der Waals surface area contributed by atoms with E-state index in [1.165, 1.54) is 12.1 Å². The van der Waals surface area contributed by atoms with E-state index in [2.05, 4.69) is 10.6 Å². The van der Waals surface area contributed by atoms with Gasteiger partial charge in [0.1, 0.15) is 11.1 Å². The van der Waals surface area contributed by atoms with Gasteiger partial charge in [0.2, 0.25) is 5.91 Å². The van der Waals surface area contributed by atoms with Crippen LogP contribution < -0.4 is 10.6 Å². The molecule has 0 spiro atoms. The summed E-state index contributed by atoms with van der Waals surface area (Å²) in [4.78, 5) is 59.3. The Labute approximate surface area is 190 Å². The Morgan fingerprint density at radius 3 is 2.44 bits per heavy atom. The predicted molar refractivity (Wildman–Crippen MR) is 115 cm³/mol. The smallest absolute Gasteiger partial charge is 0.329 e. The largest absolute Gasteiger partial charge is 0.454 e. The number of nitrogens with zero attached hydrogens (tertiary/aromatic N) is 1. The number of nitro groups is 1. The first-order chi connectivity index (χ1) is 15.1. The number of carbonyl (C=O) groups is 4. The van der Waals surface area contributed by atoms with Crippen molar-refractivity contribution in [2.45, 2.75) is 52.0 Å². The molecule has 1 aliphatic carbocycles. The molecule has 174 valence electrons. The molecule has 1 aromatic rings. The van der Waals surface area contributed by atoms with Crippen molar-refractivity contribution in [1.29, 1.82) is 0 Å². The maximum absolute atomic E-state index is 12.5. The molecular weight excluding hydrogens is 442 g/mol. The van der Waals surface area contributed by atoms with Crippen molar-refractivity contribution in [3.05, 3.63) is 38.9 Å². The van der Waals surface area contributed by atoms with Crippen molar-refractivity contribution in [2.75, 3.05) is 6.61 Å². The van der Waals surface area contributed by atoms with Crippen molar-refractivity contribution in [2.24, 2.45) is 11.8 Å². The molecule has 1 saturated carbocycles. The molecule has 2 rings (SSSR count). The molecule has 11 heteroatoms. The van der Waals surface area contributed by atoms with E-state index in [1.54, 1.807) is 13.8 Å². The standard InChI is InChI=1S/C21H26ClN3O7/c1-12(2)18(24-20(28)14-8-9-15(22)16(10-14)25(30)31)21(29)32-11-17(26)23-19(27)13-6-4-3-5-7-13/h8-10,12-13,18H,3-7,11H2,1-2H3,(H,24,28)(H,23,26,27)/t18-/m0/s1. The third kappa shape index (κ3) is 7.01. The minimum atomic E-state index is -1.11. The summed E-state index contributed by atoms with van der Waals surface area (Å²) in [6, 6.07) is 2.40. The molecule has 2 N–H and O–H groups in total. The topological polar surface area (TPSA) is 145 Å². The minimum absolute atomic E-state index is 0.0598. The zero-order valence-corrected chi connectivity index (χ0v) is 18.6. The van der Waals surface area contributed by atoms with Crippen molar-refractivity contribution in [3.63, 3.8) is 0 Å². The number of hydrogen-bond donors (Lipinski definition) is 2. The summed E-state index contributed by atoms with van der Waals surface area (Å²) in [6.45, 7) is 2.65. The molecule has 0 radical (unpaired) electrons. The van der Waals surface area contributed by atoms with Crippen molar-refractivity contribution in [3.8, 4) is 0 Å². The SMILES string of the molecule is CC(C)[C@H](NC(=O)c1ccc(Cl)c([N+](=O)[O-])c1)C(=O)OCC(=O)NC(=O)C1CCCCC1. The molecule has 10 nitrogen and oxygen atoms in total. The molecule has 0 aliphatic heterocycles. The van der Waals surface area contributed by atoms with E-state index < -0.39 is 47.0 Å². The van der Waals surface area contributed by atoms with Gasteiger partial charge < -0.3 is 10.1 Å². The second-order valence-corrected chi connectivity index (χ2v) is 8.38. The quantitative estimate of drug-likeness (QED) is 0.339. The fraction of sp³-hybridized carbons (Fsp3) is 0.524. The van der Waals surface area contributed by atoms with Crippen LogP contribution in [-0.4, -0.2) is 41.3 Å². The first kappa shape index (κ1) is 25.3. The molecule has 32 heavy (non-hydrogen) atoms. The van der Waals surface area contributed by atoms with Gasteiger partial charge >= 0.3 is 5.97 Å². The van der Waals surface area contributed by atoms with Crippen LogP contribution in [0.5, 0.6) is 0 Å². The molecule has 0 aromatic heterocycles. The van der Waals surface area contributed by atoms with E-state index in [1.807, 2.05) is 0 Å². The molecular formula is C21H26ClN3O7. The predicted octanol–water partition coefficient (Wildman–Crippen LogP) is 2.77. The molecule has 1 fully saturated rings. The van der Waals surface area contributed by atoms with Crippen LogP contribution in [0, 0.1) is 22.0 Å². The van der Waals surface area contributed by atoms with E-state index in [-0.39, 0.29) is 22.4 Å². The Bertz CT molecular complexity index is 897. The van der Waals surface area contributed by atoms with Gasteiger partial charge in [0.25, 0.3) is 17.5 Å². The van der Waals surface area contributed by atoms with Crippen molar-refractivity contribution < 1.29 is 28.8 Å². The van der Waals surface area contributed by atoms with Gasteiger partial charge in [-0.3, -0.25) is 29.8 Å². The fourth-order valence-corrected chi connectivity index (χ4v) is 3.57. The van der Waals surface area contributed by atoms with E-state index in [0.29, 0.717) is 0 Å². The molecule has 0 saturated heterocycles. The van der Waals surface area contributed by atoms with Crippen LogP contribution in [0.1, 0.15) is 56.3 Å². The van der Waals surface area contributed by atoms with Gasteiger partial charge in [-0.05, 0) is 30.9 Å². The summed E-state index contributed by atoms with van der Waals surface area (Å²) in [7, 11) is 0. The first-order valence-electron chi connectivity index (χ1n) is 10.3. The van der Waals surface area contributed by atoms with Gasteiger partial charge in [-0.1, -0.05) is 44.7 Å². The number of nitro benzene ring substituents is 1. The number of nitrogens with one attached hydrogen (secondary N) is 2. The van der Waals surface area contributed by atoms with Crippen LogP contribution in [0.2, 0.25) is 5.02 Å². The highest BCUT2D eigenvalue weighted by Gasteiger charge is 2.28. The maximum atomic E-state index is 12.5. The van der Waals surface area contributed by atoms with Crippen LogP contribution in [0.15, 0.2) is 18.2 Å². The first-order valence-corrected chi connectivity index (χ1v) is 10.7. The molecule has 3 amide bonds. The van der Waals surface area contributed by atoms with Gasteiger partial charge in [-0.2, -0.15) is 0 Å². The van der Waals surface area contributed by atoms with Crippen LogP contribution in [0.25, 0.3) is 0 Å². The lowest BCUT2D eigenvalue weighted by Crippen LogP contribution is -2.46. The summed E-state index contributed by atoms with van der Waals surface area (Å²) in [5.41, 5.74) is -0.502. The maximum Gasteiger partial charge on any atom is 0.329 e. The minimum Gasteiger partial charge on any atom is -0.454 e. The lowest BCUT2D eigenvalue weighted by atomic mass is 9.89. The van der Waals surface area contributed by atoms with Crippen LogP contribution in [-0.2, 0) is 19.1 Å². The van der Waals surface area contributed by atoms with E-state index in [9.17, 15) is 29.3 Å². The Kier molecular flexibility index (Phi) is 9.13. The molecule has 1 aromatic carbocycles. The Balaban J connectivity index is 1.93. The zero-order valence-electron chi connectivity index (χ0n) is 17.9.